The number of likely N-dealkylation sites (N-methyl/N-ethyl adjacent to an activating group) is 1. The van der Waals surface area contributed by atoms with Gasteiger partial charge in [0.05, 0.1) is 18.2 Å². The summed E-state index contributed by atoms with van der Waals surface area (Å²) in [6.45, 7) is 5.71. The molecule has 6 heteroatoms. The van der Waals surface area contributed by atoms with E-state index in [2.05, 4.69) is 18.9 Å². The zero-order valence-corrected chi connectivity index (χ0v) is 13.7. The molecule has 22 heavy (non-hydrogen) atoms. The predicted octanol–water partition coefficient (Wildman–Crippen LogP) is 2.28. The average molecular weight is 325 g/mol. The molecule has 1 atom stereocenters. The van der Waals surface area contributed by atoms with E-state index >= 15 is 0 Å². The first-order valence-electron chi connectivity index (χ1n) is 7.65. The van der Waals surface area contributed by atoms with Gasteiger partial charge in [0.25, 0.3) is 5.91 Å². The number of halogens is 1. The van der Waals surface area contributed by atoms with Crippen molar-refractivity contribution in [2.75, 3.05) is 39.9 Å². The summed E-state index contributed by atoms with van der Waals surface area (Å²) in [5.41, 5.74) is 0.561. The number of nitrogens with zero attached hydrogens (tertiary/aromatic N) is 2. The summed E-state index contributed by atoms with van der Waals surface area (Å²) in [5, 5.41) is 0.435. The van der Waals surface area contributed by atoms with Gasteiger partial charge in [-0.1, -0.05) is 11.6 Å². The number of carbonyl (C=O) groups excluding carboxylic acids is 1. The van der Waals surface area contributed by atoms with Crippen molar-refractivity contribution in [1.29, 1.82) is 0 Å². The number of amides is 1. The van der Waals surface area contributed by atoms with Crippen LogP contribution in [0.5, 0.6) is 11.5 Å². The van der Waals surface area contributed by atoms with Gasteiger partial charge in [-0.25, -0.2) is 0 Å². The first kappa shape index (κ1) is 15.4. The summed E-state index contributed by atoms with van der Waals surface area (Å²) in [4.78, 5) is 16.9. The highest BCUT2D eigenvalue weighted by Gasteiger charge is 2.28. The Balaban J connectivity index is 1.87. The number of fused-ring (bicyclic) bond motifs is 1. The fourth-order valence-corrected chi connectivity index (χ4v) is 3.23. The van der Waals surface area contributed by atoms with E-state index in [9.17, 15) is 4.79 Å². The molecule has 0 aromatic heterocycles. The fourth-order valence-electron chi connectivity index (χ4n) is 2.96. The van der Waals surface area contributed by atoms with Crippen LogP contribution in [0.15, 0.2) is 12.1 Å². The maximum Gasteiger partial charge on any atom is 0.254 e. The number of rotatable bonds is 1. The molecule has 1 aromatic carbocycles. The minimum atomic E-state index is -0.00172. The van der Waals surface area contributed by atoms with Gasteiger partial charge in [-0.15, -0.1) is 0 Å². The van der Waals surface area contributed by atoms with E-state index in [0.29, 0.717) is 35.3 Å². The second-order valence-corrected chi connectivity index (χ2v) is 6.35. The lowest BCUT2D eigenvalue weighted by atomic mass is 10.1. The molecule has 1 saturated heterocycles. The predicted molar refractivity (Wildman–Crippen MR) is 85.1 cm³/mol. The molecule has 0 saturated carbocycles. The SMILES string of the molecule is CC1CN(C)CCN1C(=O)c1cc(Cl)c2c(c1)OCCCO2. The maximum atomic E-state index is 12.8. The number of ether oxygens (including phenoxy) is 2. The van der Waals surface area contributed by atoms with Gasteiger partial charge < -0.3 is 19.3 Å². The van der Waals surface area contributed by atoms with Gasteiger partial charge in [0.15, 0.2) is 11.5 Å². The van der Waals surface area contributed by atoms with Gasteiger partial charge in [-0.2, -0.15) is 0 Å². The highest BCUT2D eigenvalue weighted by atomic mass is 35.5. The molecule has 120 valence electrons. The molecule has 2 heterocycles. The van der Waals surface area contributed by atoms with Crippen LogP contribution in [0.4, 0.5) is 0 Å². The Hall–Kier alpha value is -1.46. The Bertz CT molecular complexity index is 579. The van der Waals surface area contributed by atoms with Crippen molar-refractivity contribution < 1.29 is 14.3 Å². The van der Waals surface area contributed by atoms with Crippen molar-refractivity contribution in [3.8, 4) is 11.5 Å². The van der Waals surface area contributed by atoms with E-state index < -0.39 is 0 Å². The van der Waals surface area contributed by atoms with Crippen molar-refractivity contribution in [2.24, 2.45) is 0 Å². The van der Waals surface area contributed by atoms with Gasteiger partial charge in [-0.3, -0.25) is 4.79 Å². The van der Waals surface area contributed by atoms with E-state index in [1.807, 2.05) is 4.90 Å². The second-order valence-electron chi connectivity index (χ2n) is 5.95. The van der Waals surface area contributed by atoms with Crippen LogP contribution in [0.25, 0.3) is 0 Å². The Morgan fingerprint density at radius 1 is 1.27 bits per heavy atom. The molecule has 0 radical (unpaired) electrons. The summed E-state index contributed by atoms with van der Waals surface area (Å²) < 4.78 is 11.3. The van der Waals surface area contributed by atoms with Gasteiger partial charge in [0.1, 0.15) is 0 Å². The third-order valence-electron chi connectivity index (χ3n) is 4.14. The maximum absolute atomic E-state index is 12.8. The highest BCUT2D eigenvalue weighted by Crippen LogP contribution is 2.38. The molecule has 0 aliphatic carbocycles. The Labute approximate surface area is 135 Å². The quantitative estimate of drug-likeness (QED) is 0.795. The summed E-state index contributed by atoms with van der Waals surface area (Å²) in [6, 6.07) is 3.61. The van der Waals surface area contributed by atoms with Crippen molar-refractivity contribution in [3.05, 3.63) is 22.7 Å². The molecule has 2 aliphatic heterocycles. The largest absolute Gasteiger partial charge is 0.489 e. The van der Waals surface area contributed by atoms with Crippen molar-refractivity contribution in [1.82, 2.24) is 9.80 Å². The normalized spacial score (nSPS) is 22.3. The first-order chi connectivity index (χ1) is 10.6. The number of carbonyl (C=O) groups is 1. The molecular formula is C16H21ClN2O3. The molecule has 1 aromatic rings. The second kappa shape index (κ2) is 6.34. The van der Waals surface area contributed by atoms with Crippen LogP contribution >= 0.6 is 11.6 Å². The minimum Gasteiger partial charge on any atom is -0.489 e. The van der Waals surface area contributed by atoms with Crippen LogP contribution in [-0.4, -0.2) is 61.6 Å². The molecule has 0 spiro atoms. The Morgan fingerprint density at radius 2 is 2.05 bits per heavy atom. The van der Waals surface area contributed by atoms with Gasteiger partial charge in [0.2, 0.25) is 0 Å². The zero-order chi connectivity index (χ0) is 15.7. The minimum absolute atomic E-state index is 0.00172. The van der Waals surface area contributed by atoms with Crippen molar-refractivity contribution in [2.45, 2.75) is 19.4 Å². The lowest BCUT2D eigenvalue weighted by Gasteiger charge is -2.38. The van der Waals surface area contributed by atoms with E-state index in [1.54, 1.807) is 12.1 Å². The molecule has 5 nitrogen and oxygen atoms in total. The molecule has 0 bridgehead atoms. The lowest BCUT2D eigenvalue weighted by Crippen LogP contribution is -2.52. The van der Waals surface area contributed by atoms with Gasteiger partial charge in [0, 0.05) is 37.7 Å². The smallest absolute Gasteiger partial charge is 0.254 e. The fraction of sp³-hybridized carbons (Fsp3) is 0.562. The summed E-state index contributed by atoms with van der Waals surface area (Å²) in [7, 11) is 2.07. The van der Waals surface area contributed by atoms with E-state index in [4.69, 9.17) is 21.1 Å². The van der Waals surface area contributed by atoms with Crippen LogP contribution in [0.3, 0.4) is 0 Å². The van der Waals surface area contributed by atoms with Crippen LogP contribution in [0.2, 0.25) is 5.02 Å². The van der Waals surface area contributed by atoms with Gasteiger partial charge in [-0.05, 0) is 26.1 Å². The molecule has 2 aliphatic rings. The average Bonchev–Trinajstić information content (AvgIpc) is 2.72. The van der Waals surface area contributed by atoms with Crippen LogP contribution in [-0.2, 0) is 0 Å². The number of piperazine rings is 1. The summed E-state index contributed by atoms with van der Waals surface area (Å²) >= 11 is 6.28. The van der Waals surface area contributed by atoms with Crippen molar-refractivity contribution in [3.63, 3.8) is 0 Å². The van der Waals surface area contributed by atoms with E-state index in [1.165, 1.54) is 0 Å². The zero-order valence-electron chi connectivity index (χ0n) is 13.0. The molecule has 1 unspecified atom stereocenters. The van der Waals surface area contributed by atoms with Crippen LogP contribution in [0.1, 0.15) is 23.7 Å². The first-order valence-corrected chi connectivity index (χ1v) is 8.02. The summed E-state index contributed by atoms with van der Waals surface area (Å²) in [5.74, 6) is 1.11. The van der Waals surface area contributed by atoms with Crippen LogP contribution < -0.4 is 9.47 Å². The van der Waals surface area contributed by atoms with Gasteiger partial charge >= 0.3 is 0 Å². The topological polar surface area (TPSA) is 42.0 Å². The molecule has 0 N–H and O–H groups in total. The van der Waals surface area contributed by atoms with Crippen LogP contribution in [0, 0.1) is 0 Å². The monoisotopic (exact) mass is 324 g/mol. The number of benzene rings is 1. The molecule has 1 amide bonds. The molecule has 1 fully saturated rings. The third-order valence-corrected chi connectivity index (χ3v) is 4.42. The Kier molecular flexibility index (Phi) is 4.45. The summed E-state index contributed by atoms with van der Waals surface area (Å²) in [6.07, 6.45) is 0.809. The standard InChI is InChI=1S/C16H21ClN2O3/c1-11-10-18(2)4-5-19(11)16(20)12-8-13(17)15-14(9-12)21-6-3-7-22-15/h8-9,11H,3-7,10H2,1-2H3. The van der Waals surface area contributed by atoms with Crippen molar-refractivity contribution >= 4 is 17.5 Å². The van der Waals surface area contributed by atoms with E-state index in [0.717, 1.165) is 26.1 Å². The lowest BCUT2D eigenvalue weighted by molar-refractivity contribution is 0.0533. The highest BCUT2D eigenvalue weighted by molar-refractivity contribution is 6.32. The molecule has 3 rings (SSSR count). The number of hydrogen-bond acceptors (Lipinski definition) is 4. The number of hydrogen-bond donors (Lipinski definition) is 0. The Morgan fingerprint density at radius 3 is 2.82 bits per heavy atom. The third kappa shape index (κ3) is 3.01. The molecular weight excluding hydrogens is 304 g/mol. The van der Waals surface area contributed by atoms with E-state index in [-0.39, 0.29) is 11.9 Å².